The van der Waals surface area contributed by atoms with E-state index in [1.807, 2.05) is 13.0 Å². The Morgan fingerprint density at radius 1 is 1.92 bits per heavy atom. The SMILES string of the molecule is [3H][B]SOCc1ccnc(Cl)c1C. The second-order valence-corrected chi connectivity index (χ2v) is 3.03. The molecule has 0 aliphatic rings. The fourth-order valence-electron chi connectivity index (χ4n) is 0.801. The lowest BCUT2D eigenvalue weighted by Gasteiger charge is -2.05. The summed E-state index contributed by atoms with van der Waals surface area (Å²) >= 11 is 6.80. The lowest BCUT2D eigenvalue weighted by molar-refractivity contribution is 0.368. The number of pyridine rings is 1. The summed E-state index contributed by atoms with van der Waals surface area (Å²) < 4.78 is 11.8. The summed E-state index contributed by atoms with van der Waals surface area (Å²) in [6.45, 7) is 2.33. The maximum Gasteiger partial charge on any atom is 0.209 e. The molecule has 0 saturated carbocycles. The van der Waals surface area contributed by atoms with Gasteiger partial charge in [0.25, 0.3) is 0 Å². The van der Waals surface area contributed by atoms with E-state index in [0.29, 0.717) is 11.8 Å². The van der Waals surface area contributed by atoms with E-state index < -0.39 is 0 Å². The first kappa shape index (κ1) is 8.41. The molecule has 1 heterocycles. The van der Waals surface area contributed by atoms with Gasteiger partial charge in [0, 0.05) is 6.20 Å². The summed E-state index contributed by atoms with van der Waals surface area (Å²) in [7, 11) is 1.14. The van der Waals surface area contributed by atoms with Crippen molar-refractivity contribution in [3.63, 3.8) is 0 Å². The molecule has 0 bridgehead atoms. The van der Waals surface area contributed by atoms with Crippen molar-refractivity contribution in [2.24, 2.45) is 0 Å². The summed E-state index contributed by atoms with van der Waals surface area (Å²) in [5.41, 5.74) is 1.92. The average molecular weight is 202 g/mol. The van der Waals surface area contributed by atoms with E-state index >= 15 is 0 Å². The summed E-state index contributed by atoms with van der Waals surface area (Å²) in [6, 6.07) is 1.85. The minimum absolute atomic E-state index is 0.439. The molecular weight excluding hydrogens is 192 g/mol. The highest BCUT2D eigenvalue weighted by molar-refractivity contribution is 8.15. The van der Waals surface area contributed by atoms with Crippen molar-refractivity contribution >= 4 is 30.6 Å². The molecule has 0 N–H and O–H groups in total. The van der Waals surface area contributed by atoms with Crippen molar-refractivity contribution in [2.75, 3.05) is 0 Å². The van der Waals surface area contributed by atoms with E-state index in [0.717, 1.165) is 30.1 Å². The van der Waals surface area contributed by atoms with Gasteiger partial charge in [0.05, 0.1) is 6.61 Å². The quantitative estimate of drug-likeness (QED) is 0.323. The molecule has 0 fully saturated rings. The van der Waals surface area contributed by atoms with E-state index in [1.54, 1.807) is 6.20 Å². The summed E-state index contributed by atoms with van der Waals surface area (Å²) in [5, 5.41) is 0.501. The maximum absolute atomic E-state index is 6.74. The Hall–Kier alpha value is -0.185. The molecule has 1 aromatic rings. The van der Waals surface area contributed by atoms with Crippen molar-refractivity contribution in [1.29, 1.82) is 1.34 Å². The van der Waals surface area contributed by atoms with Gasteiger partial charge in [-0.2, -0.15) is 0 Å². The van der Waals surface area contributed by atoms with E-state index in [4.69, 9.17) is 17.1 Å². The number of halogens is 1. The fourth-order valence-corrected chi connectivity index (χ4v) is 1.17. The predicted octanol–water partition coefficient (Wildman–Crippen LogP) is 2.02. The molecule has 0 spiro atoms. The molecule has 0 unspecified atom stereocenters. The molecule has 0 atom stereocenters. The zero-order chi connectivity index (χ0) is 9.68. The van der Waals surface area contributed by atoms with Gasteiger partial charge in [0.2, 0.25) is 7.09 Å². The van der Waals surface area contributed by atoms with Crippen molar-refractivity contribution in [3.05, 3.63) is 28.5 Å². The van der Waals surface area contributed by atoms with E-state index in [9.17, 15) is 0 Å². The monoisotopic (exact) mass is 202 g/mol. The average Bonchev–Trinajstić information content (AvgIpc) is 2.13. The first-order chi connectivity index (χ1) is 6.25. The highest BCUT2D eigenvalue weighted by Crippen LogP contribution is 2.17. The smallest absolute Gasteiger partial charge is 0.209 e. The third-order valence-electron chi connectivity index (χ3n) is 1.54. The van der Waals surface area contributed by atoms with Crippen LogP contribution >= 0.6 is 23.5 Å². The summed E-state index contributed by atoms with van der Waals surface area (Å²) in [4.78, 5) is 3.93. The lowest BCUT2D eigenvalue weighted by Crippen LogP contribution is -1.92. The van der Waals surface area contributed by atoms with Crippen molar-refractivity contribution < 1.29 is 4.18 Å². The summed E-state index contributed by atoms with van der Waals surface area (Å²) in [6.07, 6.45) is 1.64. The van der Waals surface area contributed by atoms with Crippen molar-refractivity contribution in [2.45, 2.75) is 13.5 Å². The van der Waals surface area contributed by atoms with Crippen LogP contribution in [0.3, 0.4) is 0 Å². The van der Waals surface area contributed by atoms with Crippen LogP contribution < -0.4 is 0 Å². The topological polar surface area (TPSA) is 22.1 Å². The van der Waals surface area contributed by atoms with Gasteiger partial charge < -0.3 is 4.18 Å². The van der Waals surface area contributed by atoms with Crippen LogP contribution in [-0.4, -0.2) is 13.4 Å². The Morgan fingerprint density at radius 3 is 3.50 bits per heavy atom. The third kappa shape index (κ3) is 2.40. The summed E-state index contributed by atoms with van der Waals surface area (Å²) in [5.74, 6) is 0. The van der Waals surface area contributed by atoms with Crippen LogP contribution in [0.2, 0.25) is 5.15 Å². The molecule has 0 aliphatic heterocycles. The maximum atomic E-state index is 6.74. The fraction of sp³-hybridized carbons (Fsp3) is 0.286. The van der Waals surface area contributed by atoms with Gasteiger partial charge >= 0.3 is 0 Å². The molecule has 63 valence electrons. The van der Waals surface area contributed by atoms with Gasteiger partial charge in [0.15, 0.2) is 0 Å². The van der Waals surface area contributed by atoms with E-state index in [1.165, 1.54) is 0 Å². The molecule has 0 amide bonds. The molecule has 12 heavy (non-hydrogen) atoms. The third-order valence-corrected chi connectivity index (χ3v) is 2.17. The zero-order valence-corrected chi connectivity index (χ0v) is 8.15. The van der Waals surface area contributed by atoms with Crippen LogP contribution in [-0.2, 0) is 10.8 Å². The molecule has 0 aromatic carbocycles. The predicted molar refractivity (Wildman–Crippen MR) is 53.5 cm³/mol. The molecule has 1 aromatic heterocycles. The van der Waals surface area contributed by atoms with Crippen LogP contribution in [0.5, 0.6) is 0 Å². The number of aromatic nitrogens is 1. The van der Waals surface area contributed by atoms with Crippen molar-refractivity contribution in [1.82, 2.24) is 4.98 Å². The van der Waals surface area contributed by atoms with Gasteiger partial charge in [-0.05, 0) is 25.5 Å². The van der Waals surface area contributed by atoms with Gasteiger partial charge in [-0.25, -0.2) is 4.98 Å². The van der Waals surface area contributed by atoms with Gasteiger partial charge in [-0.1, -0.05) is 23.5 Å². The minimum Gasteiger partial charge on any atom is -0.323 e. The number of nitrogens with zero attached hydrogens (tertiary/aromatic N) is 1. The Kier molecular flexibility index (Phi) is 3.33. The first-order valence-electron chi connectivity index (χ1n) is 3.91. The number of hydrogen-bond acceptors (Lipinski definition) is 3. The number of hydrogen-bond donors (Lipinski definition) is 0. The zero-order valence-electron chi connectivity index (χ0n) is 7.58. The molecule has 0 aliphatic carbocycles. The van der Waals surface area contributed by atoms with Crippen LogP contribution in [0.4, 0.5) is 0 Å². The standard InChI is InChI=1S/C7H8BClNOS/c1-5-6(4-11-12-8)2-3-10-7(5)9/h2-3,8H,4H2,1H3/i8T. The Balaban J connectivity index is 2.61. The molecule has 0 saturated heterocycles. The Morgan fingerprint density at radius 2 is 2.75 bits per heavy atom. The van der Waals surface area contributed by atoms with E-state index in [-0.39, 0.29) is 0 Å². The van der Waals surface area contributed by atoms with Gasteiger partial charge in [-0.3, -0.25) is 0 Å². The highest BCUT2D eigenvalue weighted by Gasteiger charge is 2.02. The lowest BCUT2D eigenvalue weighted by atomic mass is 10.2. The van der Waals surface area contributed by atoms with E-state index in [2.05, 4.69) is 4.98 Å². The van der Waals surface area contributed by atoms with Crippen LogP contribution in [0.15, 0.2) is 12.3 Å². The van der Waals surface area contributed by atoms with Crippen LogP contribution in [0.1, 0.15) is 11.1 Å². The normalized spacial score (nSPS) is 11.0. The Labute approximate surface area is 83.5 Å². The van der Waals surface area contributed by atoms with Gasteiger partial charge in [-0.15, -0.1) is 0 Å². The minimum atomic E-state index is 0.439. The van der Waals surface area contributed by atoms with Crippen molar-refractivity contribution in [3.8, 4) is 0 Å². The number of rotatable bonds is 4. The Bertz CT molecular complexity index is 289. The first-order valence-corrected chi connectivity index (χ1v) is 4.52. The molecule has 5 heteroatoms. The highest BCUT2D eigenvalue weighted by atomic mass is 35.5. The van der Waals surface area contributed by atoms with Crippen LogP contribution in [0, 0.1) is 6.92 Å². The molecular formula is C7H8BClNOS. The molecule has 1 rings (SSSR count). The molecule has 1 radical (unpaired) electrons. The second-order valence-electron chi connectivity index (χ2n) is 2.24. The second kappa shape index (κ2) is 4.75. The largest absolute Gasteiger partial charge is 0.323 e. The van der Waals surface area contributed by atoms with Crippen LogP contribution in [0.25, 0.3) is 0 Å². The molecule has 2 nitrogen and oxygen atoms in total. The van der Waals surface area contributed by atoms with Gasteiger partial charge in [0.1, 0.15) is 5.15 Å².